The Bertz CT molecular complexity index is 660. The molecule has 112 valence electrons. The second kappa shape index (κ2) is 7.13. The maximum absolute atomic E-state index is 5.93. The molecule has 2 rings (SSSR count). The fourth-order valence-corrected chi connectivity index (χ4v) is 3.11. The SMILES string of the molecule is COc1cc(Br)c(Oc2ccc(C(C)N)cc2Br)cc1Br. The molecular weight excluding hydrogens is 466 g/mol. The summed E-state index contributed by atoms with van der Waals surface area (Å²) >= 11 is 10.4. The number of methoxy groups -OCH3 is 1. The first-order chi connectivity index (χ1) is 9.92. The fraction of sp³-hybridized carbons (Fsp3) is 0.200. The lowest BCUT2D eigenvalue weighted by Crippen LogP contribution is -2.04. The fourth-order valence-electron chi connectivity index (χ4n) is 1.75. The molecule has 0 amide bonds. The third-order valence-electron chi connectivity index (χ3n) is 2.91. The highest BCUT2D eigenvalue weighted by atomic mass is 79.9. The molecule has 0 fully saturated rings. The molecule has 0 heterocycles. The summed E-state index contributed by atoms with van der Waals surface area (Å²) in [7, 11) is 1.62. The Morgan fingerprint density at radius 1 is 0.905 bits per heavy atom. The minimum absolute atomic E-state index is 0.0165. The van der Waals surface area contributed by atoms with Gasteiger partial charge in [-0.3, -0.25) is 0 Å². The normalized spacial score (nSPS) is 12.1. The second-order valence-electron chi connectivity index (χ2n) is 4.50. The lowest BCUT2D eigenvalue weighted by atomic mass is 10.1. The van der Waals surface area contributed by atoms with E-state index in [1.165, 1.54) is 0 Å². The van der Waals surface area contributed by atoms with Crippen molar-refractivity contribution >= 4 is 47.8 Å². The number of rotatable bonds is 4. The van der Waals surface area contributed by atoms with Gasteiger partial charge in [0.05, 0.1) is 20.5 Å². The third kappa shape index (κ3) is 4.00. The first-order valence-electron chi connectivity index (χ1n) is 6.18. The van der Waals surface area contributed by atoms with Gasteiger partial charge in [0.1, 0.15) is 17.2 Å². The van der Waals surface area contributed by atoms with Gasteiger partial charge in [0.15, 0.2) is 0 Å². The largest absolute Gasteiger partial charge is 0.496 e. The number of hydrogen-bond acceptors (Lipinski definition) is 3. The average molecular weight is 480 g/mol. The molecule has 3 nitrogen and oxygen atoms in total. The van der Waals surface area contributed by atoms with E-state index in [2.05, 4.69) is 47.8 Å². The predicted octanol–water partition coefficient (Wildman–Crippen LogP) is 5.79. The molecule has 2 N–H and O–H groups in total. The van der Waals surface area contributed by atoms with Gasteiger partial charge in [0, 0.05) is 6.04 Å². The molecule has 1 unspecified atom stereocenters. The zero-order chi connectivity index (χ0) is 15.6. The Morgan fingerprint density at radius 2 is 1.48 bits per heavy atom. The van der Waals surface area contributed by atoms with Gasteiger partial charge in [-0.05, 0) is 84.5 Å². The molecule has 0 aliphatic carbocycles. The first-order valence-corrected chi connectivity index (χ1v) is 8.56. The quantitative estimate of drug-likeness (QED) is 0.603. The van der Waals surface area contributed by atoms with Crippen LogP contribution in [0.3, 0.4) is 0 Å². The van der Waals surface area contributed by atoms with E-state index in [4.69, 9.17) is 15.2 Å². The third-order valence-corrected chi connectivity index (χ3v) is 4.77. The van der Waals surface area contributed by atoms with Crippen molar-refractivity contribution in [2.75, 3.05) is 7.11 Å². The van der Waals surface area contributed by atoms with E-state index in [0.717, 1.165) is 30.5 Å². The van der Waals surface area contributed by atoms with Crippen LogP contribution in [-0.2, 0) is 0 Å². The summed E-state index contributed by atoms with van der Waals surface area (Å²) < 4.78 is 13.7. The molecule has 0 aliphatic rings. The van der Waals surface area contributed by atoms with Crippen LogP contribution in [0.15, 0.2) is 43.7 Å². The van der Waals surface area contributed by atoms with Crippen molar-refractivity contribution in [2.45, 2.75) is 13.0 Å². The highest BCUT2D eigenvalue weighted by Crippen LogP contribution is 2.40. The molecule has 2 aromatic rings. The summed E-state index contributed by atoms with van der Waals surface area (Å²) in [4.78, 5) is 0. The van der Waals surface area contributed by atoms with Gasteiger partial charge in [0.25, 0.3) is 0 Å². The summed E-state index contributed by atoms with van der Waals surface area (Å²) in [6, 6.07) is 9.51. The van der Waals surface area contributed by atoms with Crippen LogP contribution < -0.4 is 15.2 Å². The Kier molecular flexibility index (Phi) is 5.71. The monoisotopic (exact) mass is 477 g/mol. The highest BCUT2D eigenvalue weighted by molar-refractivity contribution is 9.11. The standard InChI is InChI=1S/C15H14Br3NO2/c1-8(19)9-3-4-13(10(16)5-9)21-15-7-11(17)14(20-2)6-12(15)18/h3-8H,19H2,1-2H3. The van der Waals surface area contributed by atoms with Crippen LogP contribution >= 0.6 is 47.8 Å². The van der Waals surface area contributed by atoms with Crippen LogP contribution in [0.2, 0.25) is 0 Å². The minimum Gasteiger partial charge on any atom is -0.496 e. The number of hydrogen-bond donors (Lipinski definition) is 1. The van der Waals surface area contributed by atoms with Gasteiger partial charge < -0.3 is 15.2 Å². The van der Waals surface area contributed by atoms with Crippen molar-refractivity contribution in [1.82, 2.24) is 0 Å². The molecule has 0 saturated carbocycles. The molecule has 1 atom stereocenters. The summed E-state index contributed by atoms with van der Waals surface area (Å²) in [5.41, 5.74) is 6.92. The zero-order valence-corrected chi connectivity index (χ0v) is 16.2. The van der Waals surface area contributed by atoms with Gasteiger partial charge in [-0.25, -0.2) is 0 Å². The van der Waals surface area contributed by atoms with E-state index in [-0.39, 0.29) is 6.04 Å². The van der Waals surface area contributed by atoms with Crippen LogP contribution in [0.25, 0.3) is 0 Å². The second-order valence-corrected chi connectivity index (χ2v) is 7.06. The first kappa shape index (κ1) is 16.8. The van der Waals surface area contributed by atoms with Crippen molar-refractivity contribution in [2.24, 2.45) is 5.73 Å². The predicted molar refractivity (Wildman–Crippen MR) is 95.2 cm³/mol. The van der Waals surface area contributed by atoms with Crippen LogP contribution in [-0.4, -0.2) is 7.11 Å². The van der Waals surface area contributed by atoms with Crippen molar-refractivity contribution in [3.05, 3.63) is 49.3 Å². The molecule has 0 bridgehead atoms. The lowest BCUT2D eigenvalue weighted by molar-refractivity contribution is 0.409. The Hall–Kier alpha value is -0.560. The van der Waals surface area contributed by atoms with E-state index in [1.807, 2.05) is 37.3 Å². The van der Waals surface area contributed by atoms with Gasteiger partial charge in [0.2, 0.25) is 0 Å². The summed E-state index contributed by atoms with van der Waals surface area (Å²) in [5, 5.41) is 0. The average Bonchev–Trinajstić information content (AvgIpc) is 2.44. The number of nitrogens with two attached hydrogens (primary N) is 1. The molecule has 0 saturated heterocycles. The van der Waals surface area contributed by atoms with Crippen LogP contribution in [0.1, 0.15) is 18.5 Å². The summed E-state index contributed by atoms with van der Waals surface area (Å²) in [6.07, 6.45) is 0. The van der Waals surface area contributed by atoms with Gasteiger partial charge in [-0.2, -0.15) is 0 Å². The van der Waals surface area contributed by atoms with Crippen LogP contribution in [0.5, 0.6) is 17.2 Å². The molecular formula is C15H14Br3NO2. The maximum Gasteiger partial charge on any atom is 0.143 e. The molecule has 0 aromatic heterocycles. The Labute approximate surface area is 149 Å². The molecule has 0 spiro atoms. The summed E-state index contributed by atoms with van der Waals surface area (Å²) in [6.45, 7) is 1.94. The highest BCUT2D eigenvalue weighted by Gasteiger charge is 2.12. The number of benzene rings is 2. The lowest BCUT2D eigenvalue weighted by Gasteiger charge is -2.13. The van der Waals surface area contributed by atoms with E-state index in [1.54, 1.807) is 7.11 Å². The van der Waals surface area contributed by atoms with E-state index in [9.17, 15) is 0 Å². The van der Waals surface area contributed by atoms with Gasteiger partial charge in [-0.15, -0.1) is 0 Å². The van der Waals surface area contributed by atoms with Gasteiger partial charge in [-0.1, -0.05) is 6.07 Å². The van der Waals surface area contributed by atoms with E-state index >= 15 is 0 Å². The Morgan fingerprint density at radius 3 is 2.05 bits per heavy atom. The molecule has 2 aromatic carbocycles. The number of halogens is 3. The smallest absolute Gasteiger partial charge is 0.143 e. The van der Waals surface area contributed by atoms with Gasteiger partial charge >= 0.3 is 0 Å². The van der Waals surface area contributed by atoms with E-state index in [0.29, 0.717) is 5.75 Å². The van der Waals surface area contributed by atoms with Crippen LogP contribution in [0, 0.1) is 0 Å². The topological polar surface area (TPSA) is 44.5 Å². The van der Waals surface area contributed by atoms with Crippen LogP contribution in [0.4, 0.5) is 0 Å². The van der Waals surface area contributed by atoms with Crippen molar-refractivity contribution in [3.63, 3.8) is 0 Å². The zero-order valence-electron chi connectivity index (χ0n) is 11.5. The minimum atomic E-state index is -0.0165. The molecule has 6 heteroatoms. The Balaban J connectivity index is 2.32. The van der Waals surface area contributed by atoms with Crippen molar-refractivity contribution in [3.8, 4) is 17.2 Å². The maximum atomic E-state index is 5.93. The molecule has 0 radical (unpaired) electrons. The summed E-state index contributed by atoms with van der Waals surface area (Å²) in [5.74, 6) is 2.15. The molecule has 21 heavy (non-hydrogen) atoms. The van der Waals surface area contributed by atoms with Crippen molar-refractivity contribution < 1.29 is 9.47 Å². The number of ether oxygens (including phenoxy) is 2. The molecule has 0 aliphatic heterocycles. The van der Waals surface area contributed by atoms with Crippen molar-refractivity contribution in [1.29, 1.82) is 0 Å². The van der Waals surface area contributed by atoms with E-state index < -0.39 is 0 Å².